The van der Waals surface area contributed by atoms with Gasteiger partial charge in [-0.25, -0.2) is 0 Å². The lowest BCUT2D eigenvalue weighted by Crippen LogP contribution is -2.02. The molecule has 0 radical (unpaired) electrons. The number of ether oxygens (including phenoxy) is 2. The molecule has 2 aromatic heterocycles. The average molecular weight is 497 g/mol. The van der Waals surface area contributed by atoms with E-state index in [0.29, 0.717) is 25.0 Å². The summed E-state index contributed by atoms with van der Waals surface area (Å²) in [7, 11) is 0. The molecule has 33 heavy (non-hydrogen) atoms. The largest absolute Gasteiger partial charge is 0.473 e. The van der Waals surface area contributed by atoms with E-state index in [1.165, 1.54) is 0 Å². The fourth-order valence-corrected chi connectivity index (χ4v) is 3.92. The molecule has 0 bridgehead atoms. The summed E-state index contributed by atoms with van der Waals surface area (Å²) in [5.41, 5.74) is 4.89. The van der Waals surface area contributed by atoms with Gasteiger partial charge >= 0.3 is 0 Å². The Labute approximate surface area is 201 Å². The van der Waals surface area contributed by atoms with Crippen molar-refractivity contribution in [3.05, 3.63) is 119 Å². The van der Waals surface area contributed by atoms with Crippen LogP contribution in [0, 0.1) is 0 Å². The van der Waals surface area contributed by atoms with Crippen molar-refractivity contribution >= 4 is 26.8 Å². The van der Waals surface area contributed by atoms with E-state index in [9.17, 15) is 0 Å². The quantitative estimate of drug-likeness (QED) is 0.238. The number of benzene rings is 3. The van der Waals surface area contributed by atoms with Crippen LogP contribution < -0.4 is 9.47 Å². The molecule has 4 nitrogen and oxygen atoms in total. The minimum Gasteiger partial charge on any atom is -0.473 e. The number of nitrogens with zero attached hydrogens (tertiary/aromatic N) is 2. The van der Waals surface area contributed by atoms with E-state index in [2.05, 4.69) is 33.0 Å². The van der Waals surface area contributed by atoms with Gasteiger partial charge in [-0.05, 0) is 41.5 Å². The first-order chi connectivity index (χ1) is 16.2. The monoisotopic (exact) mass is 496 g/mol. The maximum Gasteiger partial charge on any atom is 0.225 e. The Balaban J connectivity index is 1.47. The Kier molecular flexibility index (Phi) is 6.31. The number of halogens is 1. The summed E-state index contributed by atoms with van der Waals surface area (Å²) in [6, 6.07) is 32.1. The zero-order chi connectivity index (χ0) is 22.5. The SMILES string of the molecule is Brc1ccc2ncc(-c3ccc(OCc4ccccc4)nc3OCc3ccccc3)cc2c1. The molecule has 0 saturated carbocycles. The van der Waals surface area contributed by atoms with Crippen molar-refractivity contribution in [1.29, 1.82) is 0 Å². The molecule has 0 atom stereocenters. The van der Waals surface area contributed by atoms with E-state index in [-0.39, 0.29) is 0 Å². The molecule has 0 spiro atoms. The molecule has 0 aliphatic rings. The van der Waals surface area contributed by atoms with Gasteiger partial charge in [0.25, 0.3) is 0 Å². The molecule has 5 rings (SSSR count). The van der Waals surface area contributed by atoms with Gasteiger partial charge < -0.3 is 9.47 Å². The van der Waals surface area contributed by atoms with Crippen LogP contribution in [0.25, 0.3) is 22.0 Å². The van der Waals surface area contributed by atoms with Crippen molar-refractivity contribution in [2.24, 2.45) is 0 Å². The van der Waals surface area contributed by atoms with Crippen LogP contribution in [0.3, 0.4) is 0 Å². The number of pyridine rings is 2. The van der Waals surface area contributed by atoms with Crippen molar-refractivity contribution < 1.29 is 9.47 Å². The number of aromatic nitrogens is 2. The summed E-state index contributed by atoms with van der Waals surface area (Å²) in [6.07, 6.45) is 1.85. The molecule has 0 aliphatic carbocycles. The van der Waals surface area contributed by atoms with Gasteiger partial charge in [0.1, 0.15) is 13.2 Å². The van der Waals surface area contributed by atoms with Crippen molar-refractivity contribution in [3.63, 3.8) is 0 Å². The molecule has 2 heterocycles. The second-order valence-corrected chi connectivity index (χ2v) is 8.53. The standard InChI is InChI=1S/C28H21BrN2O2/c29-24-11-13-26-22(16-24)15-23(17-30-26)25-12-14-27(32-18-20-7-3-1-4-8-20)31-28(25)33-19-21-9-5-2-6-10-21/h1-17H,18-19H2. The minimum atomic E-state index is 0.412. The highest BCUT2D eigenvalue weighted by atomic mass is 79.9. The summed E-state index contributed by atoms with van der Waals surface area (Å²) in [6.45, 7) is 0.854. The van der Waals surface area contributed by atoms with Gasteiger partial charge in [-0.2, -0.15) is 4.98 Å². The first-order valence-electron chi connectivity index (χ1n) is 10.6. The van der Waals surface area contributed by atoms with Crippen molar-refractivity contribution in [2.75, 3.05) is 0 Å². The lowest BCUT2D eigenvalue weighted by Gasteiger charge is -2.13. The third kappa shape index (κ3) is 5.21. The van der Waals surface area contributed by atoms with Gasteiger partial charge in [0.2, 0.25) is 11.8 Å². The number of hydrogen-bond acceptors (Lipinski definition) is 4. The van der Waals surface area contributed by atoms with E-state index in [0.717, 1.165) is 37.6 Å². The van der Waals surface area contributed by atoms with Gasteiger partial charge in [0.05, 0.1) is 5.52 Å². The average Bonchev–Trinajstić information content (AvgIpc) is 2.87. The fourth-order valence-electron chi connectivity index (χ4n) is 3.54. The van der Waals surface area contributed by atoms with E-state index in [1.807, 2.05) is 91.1 Å². The molecule has 5 aromatic rings. The molecule has 5 heteroatoms. The lowest BCUT2D eigenvalue weighted by atomic mass is 10.1. The van der Waals surface area contributed by atoms with E-state index in [4.69, 9.17) is 14.5 Å². The van der Waals surface area contributed by atoms with Crippen molar-refractivity contribution in [3.8, 4) is 22.9 Å². The topological polar surface area (TPSA) is 44.2 Å². The summed E-state index contributed by atoms with van der Waals surface area (Å²) in [5, 5.41) is 1.04. The second-order valence-electron chi connectivity index (χ2n) is 7.61. The summed E-state index contributed by atoms with van der Waals surface area (Å²) >= 11 is 3.54. The molecule has 162 valence electrons. The zero-order valence-electron chi connectivity index (χ0n) is 17.8. The molecule has 0 amide bonds. The van der Waals surface area contributed by atoms with Crippen molar-refractivity contribution in [2.45, 2.75) is 13.2 Å². The maximum absolute atomic E-state index is 6.18. The van der Waals surface area contributed by atoms with Crippen LogP contribution in [-0.4, -0.2) is 9.97 Å². The first-order valence-corrected chi connectivity index (χ1v) is 11.4. The summed E-state index contributed by atoms with van der Waals surface area (Å²) < 4.78 is 13.1. The van der Waals surface area contributed by atoms with Crippen LogP contribution in [0.2, 0.25) is 0 Å². The molecular formula is C28H21BrN2O2. The molecule has 0 aliphatic heterocycles. The van der Waals surface area contributed by atoms with Gasteiger partial charge in [0, 0.05) is 33.2 Å². The molecule has 0 N–H and O–H groups in total. The van der Waals surface area contributed by atoms with Gasteiger partial charge in [-0.3, -0.25) is 4.98 Å². The van der Waals surface area contributed by atoms with Gasteiger partial charge in [0.15, 0.2) is 0 Å². The zero-order valence-corrected chi connectivity index (χ0v) is 19.4. The number of fused-ring (bicyclic) bond motifs is 1. The summed E-state index contributed by atoms with van der Waals surface area (Å²) in [4.78, 5) is 9.32. The van der Waals surface area contributed by atoms with Gasteiger partial charge in [-0.1, -0.05) is 76.6 Å². The Bertz CT molecular complexity index is 1380. The molecule has 0 unspecified atom stereocenters. The molecular weight excluding hydrogens is 476 g/mol. The van der Waals surface area contributed by atoms with Gasteiger partial charge in [-0.15, -0.1) is 0 Å². The van der Waals surface area contributed by atoms with Crippen LogP contribution >= 0.6 is 15.9 Å². The Hall–Kier alpha value is -3.70. The predicted molar refractivity (Wildman–Crippen MR) is 134 cm³/mol. The van der Waals surface area contributed by atoms with Crippen LogP contribution in [0.5, 0.6) is 11.8 Å². The van der Waals surface area contributed by atoms with Crippen molar-refractivity contribution in [1.82, 2.24) is 9.97 Å². The maximum atomic E-state index is 6.18. The molecule has 0 fully saturated rings. The predicted octanol–water partition coefficient (Wildman–Crippen LogP) is 7.22. The highest BCUT2D eigenvalue weighted by Gasteiger charge is 2.13. The Morgan fingerprint density at radius 3 is 2.12 bits per heavy atom. The minimum absolute atomic E-state index is 0.412. The van der Waals surface area contributed by atoms with Crippen LogP contribution in [0.15, 0.2) is 108 Å². The smallest absolute Gasteiger partial charge is 0.225 e. The third-order valence-electron chi connectivity index (χ3n) is 5.24. The molecule has 0 saturated heterocycles. The number of rotatable bonds is 7. The van der Waals surface area contributed by atoms with E-state index in [1.54, 1.807) is 0 Å². The van der Waals surface area contributed by atoms with Crippen LogP contribution in [-0.2, 0) is 13.2 Å². The van der Waals surface area contributed by atoms with Crippen LogP contribution in [0.4, 0.5) is 0 Å². The third-order valence-corrected chi connectivity index (χ3v) is 5.73. The summed E-state index contributed by atoms with van der Waals surface area (Å²) in [5.74, 6) is 1.03. The number of hydrogen-bond donors (Lipinski definition) is 0. The van der Waals surface area contributed by atoms with E-state index < -0.39 is 0 Å². The van der Waals surface area contributed by atoms with Crippen LogP contribution in [0.1, 0.15) is 11.1 Å². The lowest BCUT2D eigenvalue weighted by molar-refractivity contribution is 0.268. The van der Waals surface area contributed by atoms with E-state index >= 15 is 0 Å². The first kappa shape index (κ1) is 21.2. The highest BCUT2D eigenvalue weighted by Crippen LogP contribution is 2.33. The molecule has 3 aromatic carbocycles. The highest BCUT2D eigenvalue weighted by molar-refractivity contribution is 9.10. The second kappa shape index (κ2) is 9.84. The normalized spacial score (nSPS) is 10.8. The Morgan fingerprint density at radius 1 is 0.697 bits per heavy atom. The Morgan fingerprint density at radius 2 is 1.39 bits per heavy atom. The fraction of sp³-hybridized carbons (Fsp3) is 0.0714.